The first-order valence-corrected chi connectivity index (χ1v) is 5.54. The van der Waals surface area contributed by atoms with E-state index in [-0.39, 0.29) is 0 Å². The average molecular weight is 237 g/mol. The molecule has 5 heteroatoms. The topological polar surface area (TPSA) is 69.6 Å². The zero-order valence-corrected chi connectivity index (χ0v) is 9.56. The standard InChI is InChI=1S/C13H11N5/c14-11-7-4-8-12(9-11)18-13(15-16-17-18)10-5-2-1-3-6-10/h1-9H,14H2. The fourth-order valence-corrected chi connectivity index (χ4v) is 1.78. The van der Waals surface area contributed by atoms with Crippen LogP contribution in [0.4, 0.5) is 5.69 Å². The molecule has 0 spiro atoms. The molecular formula is C13H11N5. The van der Waals surface area contributed by atoms with Gasteiger partial charge in [0.25, 0.3) is 0 Å². The molecule has 3 rings (SSSR count). The van der Waals surface area contributed by atoms with Crippen molar-refractivity contribution < 1.29 is 0 Å². The van der Waals surface area contributed by atoms with Gasteiger partial charge >= 0.3 is 0 Å². The molecule has 0 aliphatic carbocycles. The molecule has 3 aromatic rings. The summed E-state index contributed by atoms with van der Waals surface area (Å²) in [4.78, 5) is 0. The lowest BCUT2D eigenvalue weighted by molar-refractivity contribution is 0.791. The summed E-state index contributed by atoms with van der Waals surface area (Å²) >= 11 is 0. The molecule has 0 amide bonds. The van der Waals surface area contributed by atoms with Gasteiger partial charge in [-0.25, -0.2) is 0 Å². The van der Waals surface area contributed by atoms with Crippen molar-refractivity contribution in [2.45, 2.75) is 0 Å². The molecule has 88 valence electrons. The first-order chi connectivity index (χ1) is 8.84. The molecular weight excluding hydrogens is 226 g/mol. The highest BCUT2D eigenvalue weighted by Gasteiger charge is 2.09. The molecule has 0 fully saturated rings. The van der Waals surface area contributed by atoms with Crippen molar-refractivity contribution in [3.05, 3.63) is 54.6 Å². The molecule has 0 bridgehead atoms. The second-order valence-electron chi connectivity index (χ2n) is 3.88. The van der Waals surface area contributed by atoms with Crippen molar-refractivity contribution in [2.75, 3.05) is 5.73 Å². The first-order valence-electron chi connectivity index (χ1n) is 5.54. The Kier molecular flexibility index (Phi) is 2.49. The summed E-state index contributed by atoms with van der Waals surface area (Å²) in [6, 6.07) is 17.3. The molecule has 0 unspecified atom stereocenters. The minimum atomic E-state index is 0.682. The van der Waals surface area contributed by atoms with Crippen molar-refractivity contribution in [2.24, 2.45) is 0 Å². The predicted molar refractivity (Wildman–Crippen MR) is 69.0 cm³/mol. The third-order valence-corrected chi connectivity index (χ3v) is 2.62. The fraction of sp³-hybridized carbons (Fsp3) is 0. The van der Waals surface area contributed by atoms with E-state index in [1.807, 2.05) is 54.6 Å². The van der Waals surface area contributed by atoms with Crippen LogP contribution in [0.1, 0.15) is 0 Å². The predicted octanol–water partition coefficient (Wildman–Crippen LogP) is 1.91. The number of hydrogen-bond donors (Lipinski definition) is 1. The summed E-state index contributed by atoms with van der Waals surface area (Å²) < 4.78 is 1.67. The molecule has 0 aliphatic heterocycles. The van der Waals surface area contributed by atoms with Crippen LogP contribution in [0.25, 0.3) is 17.1 Å². The van der Waals surface area contributed by atoms with Crippen LogP contribution in [-0.2, 0) is 0 Å². The van der Waals surface area contributed by atoms with E-state index in [0.717, 1.165) is 11.3 Å². The minimum Gasteiger partial charge on any atom is -0.399 e. The van der Waals surface area contributed by atoms with Crippen LogP contribution in [0.15, 0.2) is 54.6 Å². The highest BCUT2D eigenvalue weighted by molar-refractivity contribution is 5.58. The number of anilines is 1. The number of nitrogen functional groups attached to an aromatic ring is 1. The van der Waals surface area contributed by atoms with Crippen molar-refractivity contribution in [3.8, 4) is 17.1 Å². The van der Waals surface area contributed by atoms with Crippen molar-refractivity contribution >= 4 is 5.69 Å². The van der Waals surface area contributed by atoms with Gasteiger partial charge in [0.05, 0.1) is 5.69 Å². The summed E-state index contributed by atoms with van der Waals surface area (Å²) in [5.74, 6) is 0.696. The summed E-state index contributed by atoms with van der Waals surface area (Å²) in [6.07, 6.45) is 0. The quantitative estimate of drug-likeness (QED) is 0.691. The summed E-state index contributed by atoms with van der Waals surface area (Å²) in [6.45, 7) is 0. The molecule has 5 nitrogen and oxygen atoms in total. The maximum atomic E-state index is 5.77. The van der Waals surface area contributed by atoms with Crippen molar-refractivity contribution in [1.82, 2.24) is 20.2 Å². The normalized spacial score (nSPS) is 10.4. The molecule has 0 saturated carbocycles. The number of aromatic nitrogens is 4. The van der Waals surface area contributed by atoms with Crippen LogP contribution in [0, 0.1) is 0 Å². The Bertz CT molecular complexity index is 660. The molecule has 0 radical (unpaired) electrons. The Balaban J connectivity index is 2.13. The Morgan fingerprint density at radius 3 is 2.56 bits per heavy atom. The maximum Gasteiger partial charge on any atom is 0.187 e. The zero-order valence-electron chi connectivity index (χ0n) is 9.56. The van der Waals surface area contributed by atoms with E-state index >= 15 is 0 Å². The molecule has 2 aromatic carbocycles. The van der Waals surface area contributed by atoms with Crippen LogP contribution in [-0.4, -0.2) is 20.2 Å². The van der Waals surface area contributed by atoms with Gasteiger partial charge in [-0.05, 0) is 28.6 Å². The van der Waals surface area contributed by atoms with Gasteiger partial charge in [0.1, 0.15) is 0 Å². The van der Waals surface area contributed by atoms with E-state index in [4.69, 9.17) is 5.73 Å². The van der Waals surface area contributed by atoms with Gasteiger partial charge < -0.3 is 5.73 Å². The summed E-state index contributed by atoms with van der Waals surface area (Å²) in [5, 5.41) is 11.8. The van der Waals surface area contributed by atoms with Crippen LogP contribution >= 0.6 is 0 Å². The van der Waals surface area contributed by atoms with Gasteiger partial charge in [0.15, 0.2) is 5.82 Å². The van der Waals surface area contributed by atoms with Crippen LogP contribution in [0.5, 0.6) is 0 Å². The molecule has 0 saturated heterocycles. The van der Waals surface area contributed by atoms with E-state index < -0.39 is 0 Å². The van der Waals surface area contributed by atoms with Crippen LogP contribution in [0.2, 0.25) is 0 Å². The number of nitrogens with two attached hydrogens (primary N) is 1. The van der Waals surface area contributed by atoms with Gasteiger partial charge in [-0.15, -0.1) is 5.10 Å². The summed E-state index contributed by atoms with van der Waals surface area (Å²) in [5.41, 5.74) is 8.26. The van der Waals surface area contributed by atoms with Gasteiger partial charge in [0.2, 0.25) is 0 Å². The molecule has 1 heterocycles. The number of benzene rings is 2. The highest BCUT2D eigenvalue weighted by Crippen LogP contribution is 2.19. The highest BCUT2D eigenvalue weighted by atomic mass is 15.5. The van der Waals surface area contributed by atoms with Crippen LogP contribution in [0.3, 0.4) is 0 Å². The Morgan fingerprint density at radius 1 is 0.944 bits per heavy atom. The Hall–Kier alpha value is -2.69. The number of hydrogen-bond acceptors (Lipinski definition) is 4. The van der Waals surface area contributed by atoms with Crippen molar-refractivity contribution in [3.63, 3.8) is 0 Å². The third-order valence-electron chi connectivity index (χ3n) is 2.62. The number of nitrogens with zero attached hydrogens (tertiary/aromatic N) is 4. The van der Waals surface area contributed by atoms with E-state index in [1.165, 1.54) is 0 Å². The van der Waals surface area contributed by atoms with Gasteiger partial charge in [-0.2, -0.15) is 4.68 Å². The number of tetrazole rings is 1. The lowest BCUT2D eigenvalue weighted by Gasteiger charge is -2.05. The Labute approximate surface area is 104 Å². The van der Waals surface area contributed by atoms with Gasteiger partial charge in [0, 0.05) is 11.3 Å². The molecule has 2 N–H and O–H groups in total. The van der Waals surface area contributed by atoms with Gasteiger partial charge in [-0.1, -0.05) is 36.4 Å². The Morgan fingerprint density at radius 2 is 1.78 bits per heavy atom. The molecule has 18 heavy (non-hydrogen) atoms. The van der Waals surface area contributed by atoms with E-state index in [0.29, 0.717) is 11.5 Å². The zero-order chi connectivity index (χ0) is 12.4. The lowest BCUT2D eigenvalue weighted by Crippen LogP contribution is -2.00. The van der Waals surface area contributed by atoms with Crippen molar-refractivity contribution in [1.29, 1.82) is 0 Å². The second kappa shape index (κ2) is 4.29. The SMILES string of the molecule is Nc1cccc(-n2nnnc2-c2ccccc2)c1. The van der Waals surface area contributed by atoms with E-state index in [2.05, 4.69) is 15.5 Å². The second-order valence-corrected chi connectivity index (χ2v) is 3.88. The molecule has 0 aliphatic rings. The third kappa shape index (κ3) is 1.82. The minimum absolute atomic E-state index is 0.682. The first kappa shape index (κ1) is 10.5. The maximum absolute atomic E-state index is 5.77. The fourth-order valence-electron chi connectivity index (χ4n) is 1.78. The molecule has 1 aromatic heterocycles. The largest absolute Gasteiger partial charge is 0.399 e. The lowest BCUT2D eigenvalue weighted by atomic mass is 10.2. The smallest absolute Gasteiger partial charge is 0.187 e. The number of rotatable bonds is 2. The monoisotopic (exact) mass is 237 g/mol. The van der Waals surface area contributed by atoms with E-state index in [9.17, 15) is 0 Å². The van der Waals surface area contributed by atoms with Gasteiger partial charge in [-0.3, -0.25) is 0 Å². The average Bonchev–Trinajstić information content (AvgIpc) is 2.89. The van der Waals surface area contributed by atoms with E-state index in [1.54, 1.807) is 4.68 Å². The molecule has 0 atom stereocenters. The summed E-state index contributed by atoms with van der Waals surface area (Å²) in [7, 11) is 0. The van der Waals surface area contributed by atoms with Crippen LogP contribution < -0.4 is 5.73 Å².